The lowest BCUT2D eigenvalue weighted by Gasteiger charge is -2.16. The van der Waals surface area contributed by atoms with Crippen LogP contribution in [0.3, 0.4) is 0 Å². The molecule has 7 nitrogen and oxygen atoms in total. The average Bonchev–Trinajstić information content (AvgIpc) is 3.13. The first-order valence-electron chi connectivity index (χ1n) is 7.94. The largest absolute Gasteiger partial charge is 0.345 e. The molecule has 2 aromatic heterocycles. The Kier molecular flexibility index (Phi) is 4.47. The minimum absolute atomic E-state index is 0.0996. The number of aromatic amines is 1. The van der Waals surface area contributed by atoms with E-state index in [1.54, 1.807) is 24.7 Å². The first-order valence-corrected chi connectivity index (χ1v) is 7.94. The van der Waals surface area contributed by atoms with Gasteiger partial charge in [-0.1, -0.05) is 12.1 Å². The smallest absolute Gasteiger partial charge is 0.277 e. The maximum atomic E-state index is 12.6. The molecule has 25 heavy (non-hydrogen) atoms. The number of amides is 1. The van der Waals surface area contributed by atoms with Crippen molar-refractivity contribution in [1.82, 2.24) is 25.3 Å². The summed E-state index contributed by atoms with van der Waals surface area (Å²) >= 11 is 0. The van der Waals surface area contributed by atoms with Crippen molar-refractivity contribution in [3.8, 4) is 5.69 Å². The van der Waals surface area contributed by atoms with E-state index in [-0.39, 0.29) is 11.6 Å². The Morgan fingerprint density at radius 1 is 1.28 bits per heavy atom. The van der Waals surface area contributed by atoms with Gasteiger partial charge < -0.3 is 5.32 Å². The standard InChI is InChI=1S/C18H19N5O2/c1-11-12(2)21-22-18(25)16(11)17(24)20-13(3)14-6-4-7-15(10-14)23-9-5-8-19-23/h4-10,13H,1-3H3,(H,20,24)(H,22,25)/t13-/m0/s1. The molecule has 1 amide bonds. The lowest BCUT2D eigenvalue weighted by molar-refractivity contribution is 0.0937. The number of hydrogen-bond acceptors (Lipinski definition) is 4. The molecule has 0 saturated heterocycles. The van der Waals surface area contributed by atoms with Gasteiger partial charge in [-0.2, -0.15) is 10.2 Å². The van der Waals surface area contributed by atoms with Gasteiger partial charge in [-0.25, -0.2) is 9.78 Å². The molecule has 0 aliphatic heterocycles. The van der Waals surface area contributed by atoms with E-state index in [0.717, 1.165) is 11.3 Å². The van der Waals surface area contributed by atoms with Gasteiger partial charge in [0.05, 0.1) is 17.4 Å². The number of aryl methyl sites for hydroxylation is 1. The van der Waals surface area contributed by atoms with Gasteiger partial charge in [-0.05, 0) is 50.1 Å². The summed E-state index contributed by atoms with van der Waals surface area (Å²) in [5.41, 5.74) is 2.64. The maximum absolute atomic E-state index is 12.6. The molecule has 0 radical (unpaired) electrons. The molecule has 7 heteroatoms. The van der Waals surface area contributed by atoms with Crippen LogP contribution in [0.4, 0.5) is 0 Å². The van der Waals surface area contributed by atoms with Crippen molar-refractivity contribution >= 4 is 5.91 Å². The summed E-state index contributed by atoms with van der Waals surface area (Å²) in [5.74, 6) is -0.416. The zero-order valence-electron chi connectivity index (χ0n) is 14.3. The highest BCUT2D eigenvalue weighted by Gasteiger charge is 2.18. The zero-order chi connectivity index (χ0) is 18.0. The Morgan fingerprint density at radius 3 is 2.80 bits per heavy atom. The molecule has 0 spiro atoms. The van der Waals surface area contributed by atoms with Crippen LogP contribution in [-0.4, -0.2) is 25.9 Å². The summed E-state index contributed by atoms with van der Waals surface area (Å²) in [6, 6.07) is 9.30. The van der Waals surface area contributed by atoms with Crippen molar-refractivity contribution in [3.05, 3.63) is 75.5 Å². The van der Waals surface area contributed by atoms with Crippen molar-refractivity contribution in [1.29, 1.82) is 0 Å². The number of aromatic nitrogens is 4. The van der Waals surface area contributed by atoms with E-state index in [9.17, 15) is 9.59 Å². The average molecular weight is 337 g/mol. The molecule has 3 aromatic rings. The molecule has 3 rings (SSSR count). The SMILES string of the molecule is Cc1n[nH]c(=O)c(C(=O)N[C@@H](C)c2cccc(-n3cccn3)c2)c1C. The Bertz CT molecular complexity index is 960. The van der Waals surface area contributed by atoms with Crippen molar-refractivity contribution in [2.45, 2.75) is 26.8 Å². The second-order valence-electron chi connectivity index (χ2n) is 5.88. The van der Waals surface area contributed by atoms with Crippen LogP contribution in [0.5, 0.6) is 0 Å². The molecule has 1 aromatic carbocycles. The molecule has 0 saturated carbocycles. The number of benzene rings is 1. The van der Waals surface area contributed by atoms with E-state index in [1.165, 1.54) is 0 Å². The van der Waals surface area contributed by atoms with Gasteiger partial charge in [0.2, 0.25) is 0 Å². The number of rotatable bonds is 4. The number of nitrogens with one attached hydrogen (secondary N) is 2. The second kappa shape index (κ2) is 6.72. The summed E-state index contributed by atoms with van der Waals surface area (Å²) in [7, 11) is 0. The van der Waals surface area contributed by atoms with Crippen LogP contribution >= 0.6 is 0 Å². The first-order chi connectivity index (χ1) is 12.0. The number of hydrogen-bond donors (Lipinski definition) is 2. The molecule has 0 aliphatic rings. The van der Waals surface area contributed by atoms with Crippen LogP contribution in [0.1, 0.15) is 40.1 Å². The van der Waals surface area contributed by atoms with E-state index in [2.05, 4.69) is 20.6 Å². The fourth-order valence-electron chi connectivity index (χ4n) is 2.61. The minimum Gasteiger partial charge on any atom is -0.345 e. The van der Waals surface area contributed by atoms with Crippen LogP contribution in [0.25, 0.3) is 5.69 Å². The first kappa shape index (κ1) is 16.6. The van der Waals surface area contributed by atoms with Crippen molar-refractivity contribution < 1.29 is 4.79 Å². The highest BCUT2D eigenvalue weighted by Crippen LogP contribution is 2.17. The highest BCUT2D eigenvalue weighted by atomic mass is 16.2. The Morgan fingerprint density at radius 2 is 2.08 bits per heavy atom. The van der Waals surface area contributed by atoms with Gasteiger partial charge in [-0.3, -0.25) is 9.59 Å². The topological polar surface area (TPSA) is 92.7 Å². The predicted octanol–water partition coefficient (Wildman–Crippen LogP) is 2.06. The molecule has 0 unspecified atom stereocenters. The quantitative estimate of drug-likeness (QED) is 0.762. The van der Waals surface area contributed by atoms with Gasteiger partial charge in [-0.15, -0.1) is 0 Å². The molecular weight excluding hydrogens is 318 g/mol. The van der Waals surface area contributed by atoms with Crippen LogP contribution in [-0.2, 0) is 0 Å². The minimum atomic E-state index is -0.488. The number of H-pyrrole nitrogens is 1. The molecule has 2 heterocycles. The number of carbonyl (C=O) groups excluding carboxylic acids is 1. The Hall–Kier alpha value is -3.22. The number of nitrogens with zero attached hydrogens (tertiary/aromatic N) is 3. The molecule has 2 N–H and O–H groups in total. The van der Waals surface area contributed by atoms with E-state index >= 15 is 0 Å². The third kappa shape index (κ3) is 3.35. The fraction of sp³-hybridized carbons (Fsp3) is 0.222. The van der Waals surface area contributed by atoms with Gasteiger partial charge in [0.1, 0.15) is 5.56 Å². The maximum Gasteiger partial charge on any atom is 0.277 e. The van der Waals surface area contributed by atoms with E-state index < -0.39 is 11.5 Å². The van der Waals surface area contributed by atoms with Crippen molar-refractivity contribution in [2.75, 3.05) is 0 Å². The van der Waals surface area contributed by atoms with Crippen LogP contribution < -0.4 is 10.9 Å². The second-order valence-corrected chi connectivity index (χ2v) is 5.88. The Balaban J connectivity index is 1.85. The Labute approximate surface area is 144 Å². The molecule has 0 bridgehead atoms. The normalized spacial score (nSPS) is 12.0. The third-order valence-corrected chi connectivity index (χ3v) is 4.18. The van der Waals surface area contributed by atoms with Gasteiger partial charge in [0, 0.05) is 12.4 Å². The monoisotopic (exact) mass is 337 g/mol. The van der Waals surface area contributed by atoms with E-state index in [4.69, 9.17) is 0 Å². The zero-order valence-corrected chi connectivity index (χ0v) is 14.3. The summed E-state index contributed by atoms with van der Waals surface area (Å²) in [6.07, 6.45) is 3.56. The third-order valence-electron chi connectivity index (χ3n) is 4.18. The van der Waals surface area contributed by atoms with Crippen molar-refractivity contribution in [2.24, 2.45) is 0 Å². The summed E-state index contributed by atoms with van der Waals surface area (Å²) in [5, 5.41) is 13.3. The lowest BCUT2D eigenvalue weighted by atomic mass is 10.1. The van der Waals surface area contributed by atoms with Gasteiger partial charge >= 0.3 is 0 Å². The number of carbonyl (C=O) groups is 1. The summed E-state index contributed by atoms with van der Waals surface area (Å²) < 4.78 is 1.75. The van der Waals surface area contributed by atoms with E-state index in [1.807, 2.05) is 43.5 Å². The molecule has 0 fully saturated rings. The molecule has 0 aliphatic carbocycles. The molecular formula is C18H19N5O2. The molecule has 1 atom stereocenters. The van der Waals surface area contributed by atoms with Crippen molar-refractivity contribution in [3.63, 3.8) is 0 Å². The fourth-order valence-corrected chi connectivity index (χ4v) is 2.61. The summed E-state index contributed by atoms with van der Waals surface area (Å²) in [4.78, 5) is 24.5. The van der Waals surface area contributed by atoms with Gasteiger partial charge in [0.25, 0.3) is 11.5 Å². The molecule has 128 valence electrons. The van der Waals surface area contributed by atoms with Gasteiger partial charge in [0.15, 0.2) is 0 Å². The van der Waals surface area contributed by atoms with Crippen LogP contribution in [0.2, 0.25) is 0 Å². The van der Waals surface area contributed by atoms with Crippen LogP contribution in [0.15, 0.2) is 47.5 Å². The predicted molar refractivity (Wildman–Crippen MR) is 93.8 cm³/mol. The highest BCUT2D eigenvalue weighted by molar-refractivity contribution is 5.95. The lowest BCUT2D eigenvalue weighted by Crippen LogP contribution is -2.33. The van der Waals surface area contributed by atoms with E-state index in [0.29, 0.717) is 11.3 Å². The van der Waals surface area contributed by atoms with Crippen LogP contribution in [0, 0.1) is 13.8 Å². The summed E-state index contributed by atoms with van der Waals surface area (Å²) in [6.45, 7) is 5.34.